The highest BCUT2D eigenvalue weighted by Gasteiger charge is 2.19. The Balaban J connectivity index is 1.78. The lowest BCUT2D eigenvalue weighted by atomic mass is 10.1. The van der Waals surface area contributed by atoms with Gasteiger partial charge in [-0.3, -0.25) is 9.59 Å². The summed E-state index contributed by atoms with van der Waals surface area (Å²) in [5.41, 5.74) is 2.14. The van der Waals surface area contributed by atoms with Gasteiger partial charge in [-0.1, -0.05) is 6.07 Å². The number of piperidine rings is 1. The van der Waals surface area contributed by atoms with E-state index in [1.807, 2.05) is 24.0 Å². The fourth-order valence-corrected chi connectivity index (χ4v) is 2.76. The Labute approximate surface area is 135 Å². The molecule has 5 heteroatoms. The molecule has 0 atom stereocenters. The standard InChI is InChI=1S/C18H20N2O3/c1-13-7-8-14(18(22)20-9-3-2-4-10-20)12-15(13)19-17(21)16-6-5-11-23-16/h5-8,11-12H,2-4,9-10H2,1H3,(H,19,21). The number of aryl methyl sites for hydroxylation is 1. The van der Waals surface area contributed by atoms with Crippen LogP contribution < -0.4 is 5.32 Å². The number of nitrogens with zero attached hydrogens (tertiary/aromatic N) is 1. The van der Waals surface area contributed by atoms with Crippen molar-refractivity contribution in [2.45, 2.75) is 26.2 Å². The summed E-state index contributed by atoms with van der Waals surface area (Å²) in [6.07, 6.45) is 4.75. The van der Waals surface area contributed by atoms with Crippen LogP contribution in [0.2, 0.25) is 0 Å². The summed E-state index contributed by atoms with van der Waals surface area (Å²) in [7, 11) is 0. The molecule has 1 fully saturated rings. The van der Waals surface area contributed by atoms with Crippen molar-refractivity contribution in [1.29, 1.82) is 0 Å². The first-order valence-corrected chi connectivity index (χ1v) is 7.90. The second-order valence-corrected chi connectivity index (χ2v) is 5.81. The average molecular weight is 312 g/mol. The maximum atomic E-state index is 12.6. The zero-order chi connectivity index (χ0) is 16.2. The first-order chi connectivity index (χ1) is 11.1. The predicted molar refractivity (Wildman–Crippen MR) is 87.6 cm³/mol. The molecule has 1 N–H and O–H groups in total. The van der Waals surface area contributed by atoms with Crippen molar-refractivity contribution in [3.05, 3.63) is 53.5 Å². The number of hydrogen-bond donors (Lipinski definition) is 1. The minimum Gasteiger partial charge on any atom is -0.459 e. The molecule has 3 rings (SSSR count). The largest absolute Gasteiger partial charge is 0.459 e. The smallest absolute Gasteiger partial charge is 0.291 e. The Morgan fingerprint density at radius 1 is 1.13 bits per heavy atom. The summed E-state index contributed by atoms with van der Waals surface area (Å²) in [6, 6.07) is 8.68. The quantitative estimate of drug-likeness (QED) is 0.944. The Bertz CT molecular complexity index is 701. The Morgan fingerprint density at radius 2 is 1.91 bits per heavy atom. The van der Waals surface area contributed by atoms with E-state index in [0.717, 1.165) is 31.5 Å². The molecular weight excluding hydrogens is 292 g/mol. The number of anilines is 1. The lowest BCUT2D eigenvalue weighted by molar-refractivity contribution is 0.0724. The number of rotatable bonds is 3. The van der Waals surface area contributed by atoms with Crippen molar-refractivity contribution >= 4 is 17.5 Å². The van der Waals surface area contributed by atoms with Crippen LogP contribution in [0.5, 0.6) is 0 Å². The fourth-order valence-electron chi connectivity index (χ4n) is 2.76. The van der Waals surface area contributed by atoms with Gasteiger partial charge in [-0.05, 0) is 56.0 Å². The van der Waals surface area contributed by atoms with Gasteiger partial charge in [-0.25, -0.2) is 0 Å². The van der Waals surface area contributed by atoms with Gasteiger partial charge in [0.25, 0.3) is 11.8 Å². The maximum Gasteiger partial charge on any atom is 0.291 e. The van der Waals surface area contributed by atoms with E-state index in [0.29, 0.717) is 11.3 Å². The normalized spacial score (nSPS) is 14.6. The number of hydrogen-bond acceptors (Lipinski definition) is 3. The Kier molecular flexibility index (Phi) is 4.46. The number of carbonyl (C=O) groups excluding carboxylic acids is 2. The van der Waals surface area contributed by atoms with Gasteiger partial charge in [-0.15, -0.1) is 0 Å². The lowest BCUT2D eigenvalue weighted by Crippen LogP contribution is -2.35. The molecule has 0 saturated carbocycles. The third-order valence-corrected chi connectivity index (χ3v) is 4.12. The van der Waals surface area contributed by atoms with E-state index in [9.17, 15) is 9.59 Å². The maximum absolute atomic E-state index is 12.6. The van der Waals surface area contributed by atoms with Crippen LogP contribution in [-0.4, -0.2) is 29.8 Å². The first-order valence-electron chi connectivity index (χ1n) is 7.90. The fraction of sp³-hybridized carbons (Fsp3) is 0.333. The van der Waals surface area contributed by atoms with E-state index >= 15 is 0 Å². The molecule has 0 aliphatic carbocycles. The zero-order valence-corrected chi connectivity index (χ0v) is 13.2. The molecular formula is C18H20N2O3. The number of amides is 2. The summed E-state index contributed by atoms with van der Waals surface area (Å²) in [6.45, 7) is 3.51. The van der Waals surface area contributed by atoms with E-state index < -0.39 is 0 Å². The van der Waals surface area contributed by atoms with Gasteiger partial charge in [0.05, 0.1) is 6.26 Å². The zero-order valence-electron chi connectivity index (χ0n) is 13.2. The van der Waals surface area contributed by atoms with Crippen LogP contribution in [-0.2, 0) is 0 Å². The summed E-state index contributed by atoms with van der Waals surface area (Å²) in [5, 5.41) is 2.81. The summed E-state index contributed by atoms with van der Waals surface area (Å²) < 4.78 is 5.09. The van der Waals surface area contributed by atoms with Crippen LogP contribution in [0.4, 0.5) is 5.69 Å². The third-order valence-electron chi connectivity index (χ3n) is 4.12. The van der Waals surface area contributed by atoms with Crippen molar-refractivity contribution < 1.29 is 14.0 Å². The highest BCUT2D eigenvalue weighted by molar-refractivity contribution is 6.03. The molecule has 2 amide bonds. The van der Waals surface area contributed by atoms with Gasteiger partial charge in [0.1, 0.15) is 0 Å². The second-order valence-electron chi connectivity index (χ2n) is 5.81. The molecule has 2 aromatic rings. The van der Waals surface area contributed by atoms with Crippen molar-refractivity contribution in [3.8, 4) is 0 Å². The lowest BCUT2D eigenvalue weighted by Gasteiger charge is -2.27. The molecule has 0 unspecified atom stereocenters. The number of furan rings is 1. The molecule has 5 nitrogen and oxygen atoms in total. The molecule has 1 aliphatic rings. The number of benzene rings is 1. The van der Waals surface area contributed by atoms with Gasteiger partial charge in [0, 0.05) is 24.3 Å². The van der Waals surface area contributed by atoms with Gasteiger partial charge in [0.15, 0.2) is 5.76 Å². The van der Waals surface area contributed by atoms with Crippen LogP contribution >= 0.6 is 0 Å². The van der Waals surface area contributed by atoms with Crippen LogP contribution in [0.1, 0.15) is 45.7 Å². The molecule has 0 radical (unpaired) electrons. The van der Waals surface area contributed by atoms with E-state index in [1.165, 1.54) is 12.7 Å². The van der Waals surface area contributed by atoms with Crippen LogP contribution in [0, 0.1) is 6.92 Å². The average Bonchev–Trinajstić information content (AvgIpc) is 3.11. The van der Waals surface area contributed by atoms with Crippen LogP contribution in [0.3, 0.4) is 0 Å². The number of nitrogens with one attached hydrogen (secondary N) is 1. The third kappa shape index (κ3) is 3.44. The summed E-state index contributed by atoms with van der Waals surface area (Å²) >= 11 is 0. The highest BCUT2D eigenvalue weighted by atomic mass is 16.3. The highest BCUT2D eigenvalue weighted by Crippen LogP contribution is 2.20. The van der Waals surface area contributed by atoms with Crippen molar-refractivity contribution in [1.82, 2.24) is 4.90 Å². The molecule has 23 heavy (non-hydrogen) atoms. The van der Waals surface area contributed by atoms with Crippen molar-refractivity contribution in [3.63, 3.8) is 0 Å². The van der Waals surface area contributed by atoms with Gasteiger partial charge >= 0.3 is 0 Å². The molecule has 1 aromatic carbocycles. The summed E-state index contributed by atoms with van der Waals surface area (Å²) in [4.78, 5) is 26.6. The Hall–Kier alpha value is -2.56. The molecule has 1 aromatic heterocycles. The van der Waals surface area contributed by atoms with Crippen LogP contribution in [0.25, 0.3) is 0 Å². The van der Waals surface area contributed by atoms with Gasteiger partial charge < -0.3 is 14.6 Å². The predicted octanol–water partition coefficient (Wildman–Crippen LogP) is 3.47. The molecule has 0 bridgehead atoms. The number of carbonyl (C=O) groups is 2. The molecule has 1 saturated heterocycles. The SMILES string of the molecule is Cc1ccc(C(=O)N2CCCCC2)cc1NC(=O)c1ccco1. The first kappa shape index (κ1) is 15.3. The van der Waals surface area contributed by atoms with Gasteiger partial charge in [0.2, 0.25) is 0 Å². The molecule has 2 heterocycles. The monoisotopic (exact) mass is 312 g/mol. The molecule has 0 spiro atoms. The summed E-state index contributed by atoms with van der Waals surface area (Å²) in [5.74, 6) is -0.0453. The number of likely N-dealkylation sites (tertiary alicyclic amines) is 1. The topological polar surface area (TPSA) is 62.6 Å². The van der Waals surface area contributed by atoms with Crippen molar-refractivity contribution in [2.75, 3.05) is 18.4 Å². The van der Waals surface area contributed by atoms with E-state index in [-0.39, 0.29) is 17.6 Å². The second kappa shape index (κ2) is 6.69. The van der Waals surface area contributed by atoms with Crippen molar-refractivity contribution in [2.24, 2.45) is 0 Å². The minimum atomic E-state index is -0.319. The van der Waals surface area contributed by atoms with Gasteiger partial charge in [-0.2, -0.15) is 0 Å². The van der Waals surface area contributed by atoms with Crippen LogP contribution in [0.15, 0.2) is 41.0 Å². The van der Waals surface area contributed by atoms with E-state index in [2.05, 4.69) is 5.32 Å². The Morgan fingerprint density at radius 3 is 2.61 bits per heavy atom. The van der Waals surface area contributed by atoms with E-state index in [4.69, 9.17) is 4.42 Å². The molecule has 1 aliphatic heterocycles. The van der Waals surface area contributed by atoms with E-state index in [1.54, 1.807) is 18.2 Å². The molecule has 120 valence electrons. The minimum absolute atomic E-state index is 0.0261.